The number of fused-ring (bicyclic) bond motifs is 1. The minimum Gasteiger partial charge on any atom is -0.341 e. The first-order valence-corrected chi connectivity index (χ1v) is 11.3. The smallest absolute Gasteiger partial charge is 0.263 e. The third-order valence-corrected chi connectivity index (χ3v) is 6.94. The predicted molar refractivity (Wildman–Crippen MR) is 118 cm³/mol. The van der Waals surface area contributed by atoms with Crippen LogP contribution in [0, 0.1) is 0 Å². The number of aryl methyl sites for hydroxylation is 1. The highest BCUT2D eigenvalue weighted by atomic mass is 32.1. The van der Waals surface area contributed by atoms with Gasteiger partial charge in [-0.3, -0.25) is 14.2 Å². The average molecular weight is 410 g/mol. The molecule has 152 valence electrons. The van der Waals surface area contributed by atoms with Crippen molar-refractivity contribution in [2.45, 2.75) is 58.0 Å². The van der Waals surface area contributed by atoms with Crippen LogP contribution >= 0.6 is 11.3 Å². The van der Waals surface area contributed by atoms with Gasteiger partial charge in [0, 0.05) is 24.0 Å². The first-order chi connectivity index (χ1) is 14.1. The zero-order valence-electron chi connectivity index (χ0n) is 17.1. The molecule has 0 N–H and O–H groups in total. The topological polar surface area (TPSA) is 55.2 Å². The fourth-order valence-corrected chi connectivity index (χ4v) is 5.05. The molecule has 0 aliphatic heterocycles. The molecule has 29 heavy (non-hydrogen) atoms. The Bertz CT molecular complexity index is 1060. The molecule has 1 aliphatic carbocycles. The fourth-order valence-electron chi connectivity index (χ4n) is 4.14. The molecule has 1 aliphatic rings. The van der Waals surface area contributed by atoms with Gasteiger partial charge in [0.15, 0.2) is 0 Å². The molecule has 6 heteroatoms. The number of thiophene rings is 1. The molecule has 3 aromatic rings. The third kappa shape index (κ3) is 3.99. The van der Waals surface area contributed by atoms with E-state index in [1.807, 2.05) is 17.3 Å². The van der Waals surface area contributed by atoms with Gasteiger partial charge in [-0.05, 0) is 30.4 Å². The fraction of sp³-hybridized carbons (Fsp3) is 0.435. The Kier molecular flexibility index (Phi) is 5.81. The summed E-state index contributed by atoms with van der Waals surface area (Å²) in [6.45, 7) is 2.16. The van der Waals surface area contributed by atoms with Crippen molar-refractivity contribution in [3.63, 3.8) is 0 Å². The van der Waals surface area contributed by atoms with Crippen LogP contribution in [0.25, 0.3) is 21.3 Å². The van der Waals surface area contributed by atoms with Gasteiger partial charge in [-0.1, -0.05) is 50.5 Å². The summed E-state index contributed by atoms with van der Waals surface area (Å²) in [5, 5.41) is 2.59. The molecular formula is C23H27N3O2S. The second-order valence-corrected chi connectivity index (χ2v) is 8.71. The Labute approximate surface area is 175 Å². The summed E-state index contributed by atoms with van der Waals surface area (Å²) >= 11 is 1.47. The zero-order chi connectivity index (χ0) is 20.4. The first-order valence-electron chi connectivity index (χ1n) is 10.4. The van der Waals surface area contributed by atoms with Crippen molar-refractivity contribution in [1.29, 1.82) is 0 Å². The number of rotatable bonds is 5. The summed E-state index contributed by atoms with van der Waals surface area (Å²) in [5.74, 6) is -0.0239. The molecule has 0 unspecified atom stereocenters. The number of amides is 1. The monoisotopic (exact) mass is 409 g/mol. The SMILES string of the molecule is CCc1ccc(-c2csc3ncn(CC(=O)N(C)C4CCCCC4)c(=O)c23)cc1. The van der Waals surface area contributed by atoms with Crippen molar-refractivity contribution >= 4 is 27.5 Å². The lowest BCUT2D eigenvalue weighted by Gasteiger charge is -2.31. The number of nitrogens with zero attached hydrogens (tertiary/aromatic N) is 3. The van der Waals surface area contributed by atoms with Crippen molar-refractivity contribution < 1.29 is 4.79 Å². The summed E-state index contributed by atoms with van der Waals surface area (Å²) in [6, 6.07) is 8.59. The highest BCUT2D eigenvalue weighted by Gasteiger charge is 2.23. The molecule has 5 nitrogen and oxygen atoms in total. The van der Waals surface area contributed by atoms with Gasteiger partial charge in [0.2, 0.25) is 5.91 Å². The van der Waals surface area contributed by atoms with E-state index >= 15 is 0 Å². The highest BCUT2D eigenvalue weighted by Crippen LogP contribution is 2.31. The maximum atomic E-state index is 13.2. The quantitative estimate of drug-likeness (QED) is 0.624. The van der Waals surface area contributed by atoms with Gasteiger partial charge in [-0.25, -0.2) is 4.98 Å². The van der Waals surface area contributed by atoms with Gasteiger partial charge in [0.1, 0.15) is 11.4 Å². The summed E-state index contributed by atoms with van der Waals surface area (Å²) in [6.07, 6.45) is 8.19. The van der Waals surface area contributed by atoms with Gasteiger partial charge >= 0.3 is 0 Å². The van der Waals surface area contributed by atoms with Crippen LogP contribution < -0.4 is 5.56 Å². The minimum atomic E-state index is -0.142. The minimum absolute atomic E-state index is 0.0239. The van der Waals surface area contributed by atoms with Gasteiger partial charge in [-0.2, -0.15) is 0 Å². The summed E-state index contributed by atoms with van der Waals surface area (Å²) in [7, 11) is 1.86. The number of likely N-dealkylation sites (N-methyl/N-ethyl adjacent to an activating group) is 1. The largest absolute Gasteiger partial charge is 0.341 e. The number of benzene rings is 1. The van der Waals surface area contributed by atoms with E-state index in [1.165, 1.54) is 47.1 Å². The van der Waals surface area contributed by atoms with E-state index in [9.17, 15) is 9.59 Å². The molecule has 2 heterocycles. The van der Waals surface area contributed by atoms with Crippen molar-refractivity contribution in [3.05, 3.63) is 51.9 Å². The Morgan fingerprint density at radius 2 is 1.93 bits per heavy atom. The maximum Gasteiger partial charge on any atom is 0.263 e. The van der Waals surface area contributed by atoms with Crippen LogP contribution in [0.4, 0.5) is 0 Å². The lowest BCUT2D eigenvalue weighted by atomic mass is 9.94. The summed E-state index contributed by atoms with van der Waals surface area (Å²) in [5.41, 5.74) is 3.03. The number of carbonyl (C=O) groups is 1. The normalized spacial score (nSPS) is 15.0. The molecule has 0 bridgehead atoms. The van der Waals surface area contributed by atoms with E-state index in [-0.39, 0.29) is 24.1 Å². The lowest BCUT2D eigenvalue weighted by Crippen LogP contribution is -2.41. The number of hydrogen-bond donors (Lipinski definition) is 0. The van der Waals surface area contributed by atoms with Crippen molar-refractivity contribution in [2.75, 3.05) is 7.05 Å². The molecule has 0 atom stereocenters. The van der Waals surface area contributed by atoms with Crippen LogP contribution in [-0.4, -0.2) is 33.4 Å². The maximum absolute atomic E-state index is 13.2. The Hall–Kier alpha value is -2.47. The second-order valence-electron chi connectivity index (χ2n) is 7.85. The zero-order valence-corrected chi connectivity index (χ0v) is 17.9. The van der Waals surface area contributed by atoms with Gasteiger partial charge in [0.25, 0.3) is 5.56 Å². The van der Waals surface area contributed by atoms with Crippen LogP contribution in [0.1, 0.15) is 44.6 Å². The highest BCUT2D eigenvalue weighted by molar-refractivity contribution is 7.17. The van der Waals surface area contributed by atoms with Crippen molar-refractivity contribution in [1.82, 2.24) is 14.5 Å². The number of hydrogen-bond acceptors (Lipinski definition) is 4. The van der Waals surface area contributed by atoms with Crippen molar-refractivity contribution in [2.24, 2.45) is 0 Å². The Balaban J connectivity index is 1.63. The van der Waals surface area contributed by atoms with E-state index in [1.54, 1.807) is 0 Å². The number of carbonyl (C=O) groups excluding carboxylic acids is 1. The van der Waals surface area contributed by atoms with E-state index < -0.39 is 0 Å². The Morgan fingerprint density at radius 3 is 2.62 bits per heavy atom. The van der Waals surface area contributed by atoms with Crippen LogP contribution in [-0.2, 0) is 17.8 Å². The van der Waals surface area contributed by atoms with Gasteiger partial charge < -0.3 is 4.90 Å². The van der Waals surface area contributed by atoms with Gasteiger partial charge in [0.05, 0.1) is 11.7 Å². The molecule has 1 saturated carbocycles. The van der Waals surface area contributed by atoms with Crippen LogP contribution in [0.2, 0.25) is 0 Å². The van der Waals surface area contributed by atoms with Crippen molar-refractivity contribution in [3.8, 4) is 11.1 Å². The van der Waals surface area contributed by atoms with Crippen LogP contribution in [0.5, 0.6) is 0 Å². The molecule has 0 saturated heterocycles. The summed E-state index contributed by atoms with van der Waals surface area (Å²) < 4.78 is 1.46. The lowest BCUT2D eigenvalue weighted by molar-refractivity contribution is -0.133. The molecule has 1 amide bonds. The first kappa shape index (κ1) is 19.8. The molecular weight excluding hydrogens is 382 g/mol. The molecule has 4 rings (SSSR count). The predicted octanol–water partition coefficient (Wildman–Crippen LogP) is 4.48. The second kappa shape index (κ2) is 8.49. The standard InChI is InChI=1S/C23H27N3O2S/c1-3-16-9-11-17(12-10-16)19-14-29-22-21(19)23(28)26(15-24-22)13-20(27)25(2)18-7-5-4-6-8-18/h9-12,14-15,18H,3-8,13H2,1-2H3. The van der Waals surface area contributed by atoms with E-state index in [2.05, 4.69) is 36.2 Å². The van der Waals surface area contributed by atoms with E-state index in [4.69, 9.17) is 0 Å². The Morgan fingerprint density at radius 1 is 1.21 bits per heavy atom. The molecule has 1 fully saturated rings. The van der Waals surface area contributed by atoms with Crippen LogP contribution in [0.3, 0.4) is 0 Å². The van der Waals surface area contributed by atoms with E-state index in [0.717, 1.165) is 30.4 Å². The molecule has 0 spiro atoms. The van der Waals surface area contributed by atoms with E-state index in [0.29, 0.717) is 10.2 Å². The molecule has 1 aromatic carbocycles. The molecule has 2 aromatic heterocycles. The third-order valence-electron chi connectivity index (χ3n) is 6.06. The van der Waals surface area contributed by atoms with Crippen LogP contribution in [0.15, 0.2) is 40.8 Å². The summed E-state index contributed by atoms with van der Waals surface area (Å²) in [4.78, 5) is 33.0. The average Bonchev–Trinajstić information content (AvgIpc) is 3.20. The van der Waals surface area contributed by atoms with Gasteiger partial charge in [-0.15, -0.1) is 11.3 Å². The number of aromatic nitrogens is 2. The molecule has 0 radical (unpaired) electrons.